The molecule has 8 heteroatoms. The third-order valence-electron chi connectivity index (χ3n) is 4.58. The number of benzene rings is 2. The van der Waals surface area contributed by atoms with Crippen LogP contribution < -0.4 is 4.90 Å². The first kappa shape index (κ1) is 19.6. The number of anilines is 1. The zero-order chi connectivity index (χ0) is 21.3. The summed E-state index contributed by atoms with van der Waals surface area (Å²) in [5.74, 6) is -1.61. The van der Waals surface area contributed by atoms with Gasteiger partial charge in [-0.15, -0.1) is 5.10 Å². The highest BCUT2D eigenvalue weighted by Crippen LogP contribution is 2.23. The monoisotopic (exact) mass is 409 g/mol. The molecule has 0 N–H and O–H groups in total. The molecule has 0 saturated carbocycles. The van der Waals surface area contributed by atoms with Crippen molar-refractivity contribution in [1.29, 1.82) is 0 Å². The number of nitrogens with zero attached hydrogens (tertiary/aromatic N) is 5. The Morgan fingerprint density at radius 2 is 1.63 bits per heavy atom. The van der Waals surface area contributed by atoms with Gasteiger partial charge in [0.1, 0.15) is 17.5 Å². The number of rotatable bonds is 5. The third kappa shape index (κ3) is 3.89. The van der Waals surface area contributed by atoms with Crippen LogP contribution in [0.15, 0.2) is 60.8 Å². The predicted octanol–water partition coefficient (Wildman–Crippen LogP) is 4.40. The lowest BCUT2D eigenvalue weighted by Crippen LogP contribution is -2.10. The molecule has 0 atom stereocenters. The van der Waals surface area contributed by atoms with E-state index >= 15 is 0 Å². The van der Waals surface area contributed by atoms with Crippen molar-refractivity contribution >= 4 is 5.82 Å². The second-order valence-corrected chi connectivity index (χ2v) is 6.93. The molecule has 30 heavy (non-hydrogen) atoms. The first-order valence-electron chi connectivity index (χ1n) is 9.21. The van der Waals surface area contributed by atoms with Gasteiger partial charge in [-0.1, -0.05) is 18.2 Å². The van der Waals surface area contributed by atoms with Crippen LogP contribution in [0, 0.1) is 17.5 Å². The van der Waals surface area contributed by atoms with Gasteiger partial charge in [-0.25, -0.2) is 27.8 Å². The van der Waals surface area contributed by atoms with Crippen molar-refractivity contribution in [2.45, 2.75) is 6.42 Å². The summed E-state index contributed by atoms with van der Waals surface area (Å²) in [4.78, 5) is 10.8. The molecule has 4 rings (SSSR count). The lowest BCUT2D eigenvalue weighted by molar-refractivity contribution is 0.490. The molecule has 0 bridgehead atoms. The molecule has 5 nitrogen and oxygen atoms in total. The van der Waals surface area contributed by atoms with Crippen LogP contribution in [-0.4, -0.2) is 33.8 Å². The topological polar surface area (TPSA) is 46.8 Å². The maximum atomic E-state index is 14.2. The number of pyridine rings is 1. The van der Waals surface area contributed by atoms with E-state index < -0.39 is 17.5 Å². The van der Waals surface area contributed by atoms with Gasteiger partial charge in [-0.2, -0.15) is 0 Å². The normalized spacial score (nSPS) is 11.0. The fraction of sp³-hybridized carbons (Fsp3) is 0.136. The Bertz CT molecular complexity index is 1170. The number of halogens is 3. The molecule has 0 unspecified atom stereocenters. The lowest BCUT2D eigenvalue weighted by Gasteiger charge is -2.10. The van der Waals surface area contributed by atoms with Gasteiger partial charge in [-0.3, -0.25) is 0 Å². The Kier molecular flexibility index (Phi) is 5.22. The van der Waals surface area contributed by atoms with Crippen LogP contribution in [0.5, 0.6) is 0 Å². The van der Waals surface area contributed by atoms with Crippen molar-refractivity contribution in [2.24, 2.45) is 0 Å². The molecule has 2 aromatic heterocycles. The Hall–Kier alpha value is -3.68. The van der Waals surface area contributed by atoms with E-state index in [9.17, 15) is 13.2 Å². The average molecular weight is 409 g/mol. The molecule has 2 aromatic carbocycles. The van der Waals surface area contributed by atoms with E-state index in [1.54, 1.807) is 10.9 Å². The van der Waals surface area contributed by atoms with Gasteiger partial charge >= 0.3 is 0 Å². The standard InChI is InChI=1S/C22H18F3N5/c1-29(2)20-9-8-14(13-26-20)22-27-21(30(28-22)16-6-4-3-5-7-16)11-15-10-18(24)19(25)12-17(15)23/h3-10,12-13H,11H2,1-2H3. The van der Waals surface area contributed by atoms with Crippen LogP contribution in [-0.2, 0) is 6.42 Å². The predicted molar refractivity (Wildman–Crippen MR) is 108 cm³/mol. The fourth-order valence-electron chi connectivity index (χ4n) is 3.01. The SMILES string of the molecule is CN(C)c1ccc(-c2nc(Cc3cc(F)c(F)cc3F)n(-c3ccccc3)n2)cn1. The van der Waals surface area contributed by atoms with Crippen LogP contribution in [0.1, 0.15) is 11.4 Å². The van der Waals surface area contributed by atoms with Gasteiger partial charge in [0.25, 0.3) is 0 Å². The molecule has 4 aromatic rings. The fourth-order valence-corrected chi connectivity index (χ4v) is 3.01. The highest BCUT2D eigenvalue weighted by atomic mass is 19.2. The van der Waals surface area contributed by atoms with Crippen LogP contribution in [0.25, 0.3) is 17.1 Å². The molecule has 0 fully saturated rings. The Labute approximate surface area is 171 Å². The summed E-state index contributed by atoms with van der Waals surface area (Å²) in [6.45, 7) is 0. The lowest BCUT2D eigenvalue weighted by atomic mass is 10.1. The van der Waals surface area contributed by atoms with Gasteiger partial charge in [0.15, 0.2) is 17.5 Å². The van der Waals surface area contributed by atoms with Crippen LogP contribution in [0.2, 0.25) is 0 Å². The van der Waals surface area contributed by atoms with Gasteiger partial charge in [0.05, 0.1) is 5.69 Å². The van der Waals surface area contributed by atoms with E-state index in [0.717, 1.165) is 11.9 Å². The van der Waals surface area contributed by atoms with E-state index in [1.165, 1.54) is 0 Å². The van der Waals surface area contributed by atoms with E-state index in [4.69, 9.17) is 0 Å². The molecule has 0 saturated heterocycles. The van der Waals surface area contributed by atoms with Crippen LogP contribution in [0.3, 0.4) is 0 Å². The van der Waals surface area contributed by atoms with Gasteiger partial charge < -0.3 is 4.90 Å². The Morgan fingerprint density at radius 3 is 2.30 bits per heavy atom. The molecular formula is C22H18F3N5. The highest BCUT2D eigenvalue weighted by molar-refractivity contribution is 5.56. The number of para-hydroxylation sites is 1. The zero-order valence-electron chi connectivity index (χ0n) is 16.4. The number of hydrogen-bond donors (Lipinski definition) is 0. The van der Waals surface area contributed by atoms with Crippen molar-refractivity contribution in [3.05, 3.63) is 89.6 Å². The summed E-state index contributed by atoms with van der Waals surface area (Å²) in [7, 11) is 3.78. The van der Waals surface area contributed by atoms with Gasteiger partial charge in [0.2, 0.25) is 0 Å². The van der Waals surface area contributed by atoms with Gasteiger partial charge in [0, 0.05) is 38.3 Å². The van der Waals surface area contributed by atoms with Crippen molar-refractivity contribution in [2.75, 3.05) is 19.0 Å². The van der Waals surface area contributed by atoms with Crippen molar-refractivity contribution in [3.63, 3.8) is 0 Å². The number of aromatic nitrogens is 4. The molecule has 2 heterocycles. The summed E-state index contributed by atoms with van der Waals surface area (Å²) in [5, 5.41) is 4.55. The Morgan fingerprint density at radius 1 is 0.900 bits per heavy atom. The van der Waals surface area contributed by atoms with Crippen molar-refractivity contribution in [1.82, 2.24) is 19.7 Å². The molecule has 0 radical (unpaired) electrons. The quantitative estimate of drug-likeness (QED) is 0.459. The molecule has 0 aliphatic heterocycles. The van der Waals surface area contributed by atoms with Crippen molar-refractivity contribution < 1.29 is 13.2 Å². The minimum absolute atomic E-state index is 0.00823. The first-order valence-corrected chi connectivity index (χ1v) is 9.21. The molecule has 152 valence electrons. The summed E-state index contributed by atoms with van der Waals surface area (Å²) in [6.07, 6.45) is 1.59. The van der Waals surface area contributed by atoms with E-state index in [1.807, 2.05) is 61.5 Å². The largest absolute Gasteiger partial charge is 0.363 e. The van der Waals surface area contributed by atoms with E-state index in [-0.39, 0.29) is 12.0 Å². The van der Waals surface area contributed by atoms with Crippen molar-refractivity contribution in [3.8, 4) is 17.1 Å². The maximum Gasteiger partial charge on any atom is 0.183 e. The average Bonchev–Trinajstić information content (AvgIpc) is 3.16. The smallest absolute Gasteiger partial charge is 0.183 e. The molecule has 0 spiro atoms. The maximum absolute atomic E-state index is 14.2. The van der Waals surface area contributed by atoms with E-state index in [0.29, 0.717) is 29.0 Å². The minimum atomic E-state index is -1.23. The molecule has 0 aliphatic carbocycles. The summed E-state index contributed by atoms with van der Waals surface area (Å²) < 4.78 is 42.7. The molecular weight excluding hydrogens is 391 g/mol. The van der Waals surface area contributed by atoms with E-state index in [2.05, 4.69) is 15.1 Å². The van der Waals surface area contributed by atoms with Crippen LogP contribution in [0.4, 0.5) is 19.0 Å². The second-order valence-electron chi connectivity index (χ2n) is 6.93. The first-order chi connectivity index (χ1) is 14.4. The summed E-state index contributed by atoms with van der Waals surface area (Å²) >= 11 is 0. The number of hydrogen-bond acceptors (Lipinski definition) is 4. The van der Waals surface area contributed by atoms with Gasteiger partial charge in [-0.05, 0) is 35.9 Å². The zero-order valence-corrected chi connectivity index (χ0v) is 16.4. The minimum Gasteiger partial charge on any atom is -0.363 e. The van der Waals surface area contributed by atoms with Crippen LogP contribution >= 0.6 is 0 Å². The summed E-state index contributed by atoms with van der Waals surface area (Å²) in [5.41, 5.74) is 1.39. The molecule has 0 amide bonds. The highest BCUT2D eigenvalue weighted by Gasteiger charge is 2.17. The summed E-state index contributed by atoms with van der Waals surface area (Å²) in [6, 6.07) is 14.3. The molecule has 0 aliphatic rings. The third-order valence-corrected chi connectivity index (χ3v) is 4.58. The Balaban J connectivity index is 1.78. The second kappa shape index (κ2) is 7.98.